The van der Waals surface area contributed by atoms with E-state index < -0.39 is 11.6 Å². The molecule has 3 rings (SSSR count). The highest BCUT2D eigenvalue weighted by Crippen LogP contribution is 2.39. The molecular weight excluding hydrogens is 288 g/mol. The van der Waals surface area contributed by atoms with Crippen LogP contribution in [0.15, 0.2) is 24.4 Å². The number of fused-ring (bicyclic) bond motifs is 1. The first-order valence-corrected chi connectivity index (χ1v) is 7.09. The number of nitrogens with zero attached hydrogens (tertiary/aromatic N) is 3. The van der Waals surface area contributed by atoms with Crippen LogP contribution < -0.4 is 4.90 Å². The number of ketones is 1. The number of halogens is 2. The topological polar surface area (TPSA) is 46.1 Å². The molecule has 1 atom stereocenters. The van der Waals surface area contributed by atoms with Gasteiger partial charge >= 0.3 is 0 Å². The first-order chi connectivity index (χ1) is 10.5. The Hall–Kier alpha value is -2.37. The van der Waals surface area contributed by atoms with Gasteiger partial charge < -0.3 is 4.90 Å². The number of benzene rings is 1. The molecule has 6 heteroatoms. The van der Waals surface area contributed by atoms with Crippen LogP contribution in [-0.4, -0.2) is 15.8 Å². The smallest absolute Gasteiger partial charge is 0.197 e. The number of aromatic nitrogens is 2. The normalized spacial score (nSPS) is 16.7. The van der Waals surface area contributed by atoms with Crippen LogP contribution in [0.25, 0.3) is 0 Å². The number of Topliss-reactive ketones (excluding diaryl/α,β-unsaturated/α-hetero) is 1. The van der Waals surface area contributed by atoms with Crippen LogP contribution in [0.2, 0.25) is 0 Å². The van der Waals surface area contributed by atoms with Gasteiger partial charge in [-0.05, 0) is 35.7 Å². The summed E-state index contributed by atoms with van der Waals surface area (Å²) in [6.45, 7) is 3.81. The van der Waals surface area contributed by atoms with Gasteiger partial charge in [-0.15, -0.1) is 0 Å². The van der Waals surface area contributed by atoms with E-state index in [0.29, 0.717) is 12.4 Å². The molecule has 0 saturated heterocycles. The minimum Gasteiger partial charge on any atom is -0.345 e. The summed E-state index contributed by atoms with van der Waals surface area (Å²) in [7, 11) is 0. The van der Waals surface area contributed by atoms with Gasteiger partial charge in [-0.3, -0.25) is 4.79 Å². The molecule has 2 heterocycles. The zero-order valence-electron chi connectivity index (χ0n) is 12.3. The highest BCUT2D eigenvalue weighted by atomic mass is 19.2. The molecule has 0 aliphatic carbocycles. The van der Waals surface area contributed by atoms with Crippen molar-refractivity contribution in [3.8, 4) is 0 Å². The average molecular weight is 303 g/mol. The second-order valence-corrected chi connectivity index (χ2v) is 5.31. The van der Waals surface area contributed by atoms with Crippen LogP contribution in [0.4, 0.5) is 14.6 Å². The number of hydrogen-bond donors (Lipinski definition) is 0. The molecule has 1 aliphatic rings. The predicted molar refractivity (Wildman–Crippen MR) is 77.6 cm³/mol. The molecule has 2 aromatic rings. The molecule has 0 spiro atoms. The maximum absolute atomic E-state index is 13.5. The Kier molecular flexibility index (Phi) is 3.60. The highest BCUT2D eigenvalue weighted by molar-refractivity contribution is 5.90. The Bertz CT molecular complexity index is 748. The molecule has 4 nitrogen and oxygen atoms in total. The van der Waals surface area contributed by atoms with E-state index in [2.05, 4.69) is 9.97 Å². The van der Waals surface area contributed by atoms with Gasteiger partial charge in [0.1, 0.15) is 5.82 Å². The molecule has 1 aromatic carbocycles. The van der Waals surface area contributed by atoms with E-state index in [4.69, 9.17) is 0 Å². The Morgan fingerprint density at radius 2 is 2.09 bits per heavy atom. The van der Waals surface area contributed by atoms with Crippen LogP contribution in [0.3, 0.4) is 0 Å². The second-order valence-electron chi connectivity index (χ2n) is 5.31. The van der Waals surface area contributed by atoms with Crippen LogP contribution >= 0.6 is 0 Å². The summed E-state index contributed by atoms with van der Waals surface area (Å²) in [4.78, 5) is 21.6. The molecule has 1 aromatic heterocycles. The lowest BCUT2D eigenvalue weighted by molar-refractivity contribution is 0.100. The van der Waals surface area contributed by atoms with E-state index in [-0.39, 0.29) is 17.6 Å². The number of anilines is 1. The van der Waals surface area contributed by atoms with Crippen molar-refractivity contribution in [1.29, 1.82) is 0 Å². The van der Waals surface area contributed by atoms with E-state index in [1.807, 2.05) is 11.8 Å². The van der Waals surface area contributed by atoms with Crippen molar-refractivity contribution in [3.05, 3.63) is 53.0 Å². The number of carbonyl (C=O) groups excluding carboxylic acids is 1. The maximum atomic E-state index is 13.5. The van der Waals surface area contributed by atoms with Gasteiger partial charge in [0.2, 0.25) is 0 Å². The van der Waals surface area contributed by atoms with E-state index in [1.165, 1.54) is 25.3 Å². The van der Waals surface area contributed by atoms with Crippen molar-refractivity contribution in [3.63, 3.8) is 0 Å². The van der Waals surface area contributed by atoms with Gasteiger partial charge in [0.15, 0.2) is 23.2 Å². The standard InChI is InChI=1S/C16H15F2N3O/c1-3-14-11-7-13(18)12(17)6-10(11)8-21(14)15-4-5-19-16(20-15)9(2)22/h4-7,14H,3,8H2,1-2H3. The SMILES string of the molecule is CCC1c2cc(F)c(F)cc2CN1c1ccnc(C(C)=O)n1. The summed E-state index contributed by atoms with van der Waals surface area (Å²) in [5.41, 5.74) is 1.51. The molecule has 0 N–H and O–H groups in total. The van der Waals surface area contributed by atoms with E-state index in [0.717, 1.165) is 17.5 Å². The Labute approximate surface area is 126 Å². The number of hydrogen-bond acceptors (Lipinski definition) is 4. The minimum absolute atomic E-state index is 0.0974. The molecule has 22 heavy (non-hydrogen) atoms. The molecule has 0 bridgehead atoms. The lowest BCUT2D eigenvalue weighted by atomic mass is 10.0. The van der Waals surface area contributed by atoms with Gasteiger partial charge in [0.05, 0.1) is 6.04 Å². The molecule has 0 fully saturated rings. The van der Waals surface area contributed by atoms with Crippen molar-refractivity contribution in [2.24, 2.45) is 0 Å². The quantitative estimate of drug-likeness (QED) is 0.815. The molecular formula is C16H15F2N3O. The third-order valence-corrected chi connectivity index (χ3v) is 3.89. The molecule has 0 amide bonds. The summed E-state index contributed by atoms with van der Waals surface area (Å²) < 4.78 is 27.0. The Morgan fingerprint density at radius 1 is 1.36 bits per heavy atom. The van der Waals surface area contributed by atoms with Crippen molar-refractivity contribution in [1.82, 2.24) is 9.97 Å². The average Bonchev–Trinajstić information content (AvgIpc) is 2.85. The first kappa shape index (κ1) is 14.6. The summed E-state index contributed by atoms with van der Waals surface area (Å²) in [6.07, 6.45) is 2.24. The van der Waals surface area contributed by atoms with E-state index in [1.54, 1.807) is 6.07 Å². The molecule has 1 aliphatic heterocycles. The third-order valence-electron chi connectivity index (χ3n) is 3.89. The van der Waals surface area contributed by atoms with Crippen LogP contribution in [0.1, 0.15) is 48.1 Å². The number of rotatable bonds is 3. The predicted octanol–water partition coefficient (Wildman–Crippen LogP) is 3.43. The van der Waals surface area contributed by atoms with Crippen molar-refractivity contribution >= 4 is 11.6 Å². The van der Waals surface area contributed by atoms with Crippen molar-refractivity contribution in [2.75, 3.05) is 4.90 Å². The minimum atomic E-state index is -0.845. The fourth-order valence-electron chi connectivity index (χ4n) is 2.87. The van der Waals surface area contributed by atoms with Crippen molar-refractivity contribution in [2.45, 2.75) is 32.9 Å². The highest BCUT2D eigenvalue weighted by Gasteiger charge is 2.31. The Balaban J connectivity index is 2.03. The Morgan fingerprint density at radius 3 is 2.77 bits per heavy atom. The van der Waals surface area contributed by atoms with Crippen LogP contribution in [0.5, 0.6) is 0 Å². The van der Waals surface area contributed by atoms with Gasteiger partial charge in [0.25, 0.3) is 0 Å². The van der Waals surface area contributed by atoms with Crippen LogP contribution in [0, 0.1) is 11.6 Å². The summed E-state index contributed by atoms with van der Waals surface area (Å²) in [5, 5.41) is 0. The largest absolute Gasteiger partial charge is 0.345 e. The fraction of sp³-hybridized carbons (Fsp3) is 0.312. The maximum Gasteiger partial charge on any atom is 0.197 e. The first-order valence-electron chi connectivity index (χ1n) is 7.09. The van der Waals surface area contributed by atoms with Gasteiger partial charge in [-0.1, -0.05) is 6.92 Å². The molecule has 0 radical (unpaired) electrons. The fourth-order valence-corrected chi connectivity index (χ4v) is 2.87. The zero-order valence-corrected chi connectivity index (χ0v) is 12.3. The molecule has 0 saturated carbocycles. The van der Waals surface area contributed by atoms with Gasteiger partial charge in [-0.25, -0.2) is 18.7 Å². The summed E-state index contributed by atoms with van der Waals surface area (Å²) >= 11 is 0. The summed E-state index contributed by atoms with van der Waals surface area (Å²) in [6, 6.07) is 4.10. The van der Waals surface area contributed by atoms with E-state index >= 15 is 0 Å². The lowest BCUT2D eigenvalue weighted by Gasteiger charge is -2.25. The van der Waals surface area contributed by atoms with Gasteiger partial charge in [0, 0.05) is 19.7 Å². The molecule has 1 unspecified atom stereocenters. The van der Waals surface area contributed by atoms with Crippen molar-refractivity contribution < 1.29 is 13.6 Å². The lowest BCUT2D eigenvalue weighted by Crippen LogP contribution is -2.22. The third kappa shape index (κ3) is 2.34. The zero-order chi connectivity index (χ0) is 15.9. The number of carbonyl (C=O) groups is 1. The van der Waals surface area contributed by atoms with Gasteiger partial charge in [-0.2, -0.15) is 0 Å². The van der Waals surface area contributed by atoms with E-state index in [9.17, 15) is 13.6 Å². The molecule has 114 valence electrons. The van der Waals surface area contributed by atoms with Crippen LogP contribution in [-0.2, 0) is 6.54 Å². The second kappa shape index (κ2) is 5.44. The monoisotopic (exact) mass is 303 g/mol. The summed E-state index contributed by atoms with van der Waals surface area (Å²) in [5.74, 6) is -1.18.